The quantitative estimate of drug-likeness (QED) is 0.817. The fraction of sp³-hybridized carbons (Fsp3) is 0.308. The smallest absolute Gasteiger partial charge is 0.339 e. The fourth-order valence-electron chi connectivity index (χ4n) is 1.54. The molecule has 3 N–H and O–H groups in total. The van der Waals surface area contributed by atoms with Crippen LogP contribution in [-0.2, 0) is 9.63 Å². The molecule has 1 amide bonds. The van der Waals surface area contributed by atoms with Crippen LogP contribution in [0.2, 0.25) is 0 Å². The van der Waals surface area contributed by atoms with Gasteiger partial charge in [-0.05, 0) is 38.0 Å². The Balaban J connectivity index is 2.19. The SMILES string of the molecule is Cc1cnc2cc(C(=O)NOC(=O)[C@@H](C)N)sc2c1C. The predicted octanol–water partition coefficient (Wildman–Crippen LogP) is 1.45. The van der Waals surface area contributed by atoms with Gasteiger partial charge in [-0.3, -0.25) is 9.78 Å². The van der Waals surface area contributed by atoms with E-state index < -0.39 is 17.9 Å². The maximum atomic E-state index is 11.9. The van der Waals surface area contributed by atoms with Gasteiger partial charge in [0.1, 0.15) is 6.04 Å². The van der Waals surface area contributed by atoms with Gasteiger partial charge in [0.25, 0.3) is 5.91 Å². The molecule has 0 fully saturated rings. The van der Waals surface area contributed by atoms with Crippen LogP contribution in [0.5, 0.6) is 0 Å². The van der Waals surface area contributed by atoms with Crippen LogP contribution in [0.15, 0.2) is 12.3 Å². The largest absolute Gasteiger partial charge is 0.348 e. The van der Waals surface area contributed by atoms with Crippen LogP contribution in [0, 0.1) is 13.8 Å². The summed E-state index contributed by atoms with van der Waals surface area (Å²) >= 11 is 1.31. The summed E-state index contributed by atoms with van der Waals surface area (Å²) < 4.78 is 0.952. The van der Waals surface area contributed by atoms with Crippen LogP contribution in [0.4, 0.5) is 0 Å². The second kappa shape index (κ2) is 5.56. The number of rotatable bonds is 2. The third-order valence-corrected chi connectivity index (χ3v) is 4.12. The molecule has 0 bridgehead atoms. The summed E-state index contributed by atoms with van der Waals surface area (Å²) in [5, 5.41) is 0. The van der Waals surface area contributed by atoms with E-state index in [0.29, 0.717) is 4.88 Å². The van der Waals surface area contributed by atoms with Gasteiger partial charge >= 0.3 is 5.97 Å². The molecule has 0 aromatic carbocycles. The lowest BCUT2D eigenvalue weighted by atomic mass is 10.2. The van der Waals surface area contributed by atoms with Crippen LogP contribution in [0.3, 0.4) is 0 Å². The van der Waals surface area contributed by atoms with Crippen molar-refractivity contribution in [2.24, 2.45) is 5.73 Å². The van der Waals surface area contributed by atoms with Crippen LogP contribution < -0.4 is 11.2 Å². The third kappa shape index (κ3) is 2.78. The molecule has 6 nitrogen and oxygen atoms in total. The number of pyridine rings is 1. The standard InChI is InChI=1S/C13H15N3O3S/c1-6-5-15-9-4-10(20-11(9)7(6)2)12(17)16-19-13(18)8(3)14/h4-5,8H,14H2,1-3H3,(H,16,17)/t8-/m1/s1. The monoisotopic (exact) mass is 293 g/mol. The summed E-state index contributed by atoms with van der Waals surface area (Å²) in [4.78, 5) is 32.4. The Hall–Kier alpha value is -1.99. The Morgan fingerprint density at radius 3 is 2.80 bits per heavy atom. The van der Waals surface area contributed by atoms with Crippen LogP contribution in [-0.4, -0.2) is 22.9 Å². The van der Waals surface area contributed by atoms with E-state index in [2.05, 4.69) is 15.3 Å². The first kappa shape index (κ1) is 14.4. The van der Waals surface area contributed by atoms with Crippen molar-refractivity contribution in [1.29, 1.82) is 0 Å². The molecule has 0 saturated carbocycles. The number of hydroxylamine groups is 1. The predicted molar refractivity (Wildman–Crippen MR) is 76.3 cm³/mol. The molecule has 2 rings (SSSR count). The lowest BCUT2D eigenvalue weighted by molar-refractivity contribution is -0.150. The fourth-order valence-corrected chi connectivity index (χ4v) is 2.60. The zero-order valence-electron chi connectivity index (χ0n) is 11.4. The molecule has 0 radical (unpaired) electrons. The van der Waals surface area contributed by atoms with Gasteiger partial charge in [0.05, 0.1) is 15.1 Å². The van der Waals surface area contributed by atoms with Gasteiger partial charge in [-0.2, -0.15) is 5.48 Å². The number of amides is 1. The topological polar surface area (TPSA) is 94.3 Å². The van der Waals surface area contributed by atoms with Crippen molar-refractivity contribution in [3.63, 3.8) is 0 Å². The normalized spacial score (nSPS) is 12.2. The molecule has 20 heavy (non-hydrogen) atoms. The molecule has 2 aromatic rings. The lowest BCUT2D eigenvalue weighted by Crippen LogP contribution is -2.35. The van der Waals surface area contributed by atoms with E-state index in [-0.39, 0.29) is 0 Å². The number of nitrogens with two attached hydrogens (primary N) is 1. The average molecular weight is 293 g/mol. The van der Waals surface area contributed by atoms with Crippen molar-refractivity contribution in [3.05, 3.63) is 28.3 Å². The van der Waals surface area contributed by atoms with Crippen molar-refractivity contribution >= 4 is 33.4 Å². The van der Waals surface area contributed by atoms with E-state index in [1.807, 2.05) is 13.8 Å². The van der Waals surface area contributed by atoms with Crippen molar-refractivity contribution in [1.82, 2.24) is 10.5 Å². The van der Waals surface area contributed by atoms with E-state index in [9.17, 15) is 9.59 Å². The van der Waals surface area contributed by atoms with Gasteiger partial charge in [0.15, 0.2) is 0 Å². The molecular formula is C13H15N3O3S. The highest BCUT2D eigenvalue weighted by atomic mass is 32.1. The van der Waals surface area contributed by atoms with Crippen molar-refractivity contribution in [2.45, 2.75) is 26.8 Å². The number of hydrogen-bond acceptors (Lipinski definition) is 6. The van der Waals surface area contributed by atoms with Gasteiger partial charge in [-0.1, -0.05) is 0 Å². The summed E-state index contributed by atoms with van der Waals surface area (Å²) in [6.45, 7) is 5.42. The number of hydrogen-bond donors (Lipinski definition) is 2. The molecule has 7 heteroatoms. The van der Waals surface area contributed by atoms with Crippen LogP contribution in [0.25, 0.3) is 10.2 Å². The molecule has 0 unspecified atom stereocenters. The zero-order chi connectivity index (χ0) is 14.9. The maximum absolute atomic E-state index is 11.9. The molecule has 2 aromatic heterocycles. The van der Waals surface area contributed by atoms with Crippen molar-refractivity contribution in [3.8, 4) is 0 Å². The Kier molecular flexibility index (Phi) is 4.01. The van der Waals surface area contributed by atoms with Gasteiger partial charge in [-0.15, -0.1) is 11.3 Å². The van der Waals surface area contributed by atoms with Gasteiger partial charge in [0.2, 0.25) is 0 Å². The average Bonchev–Trinajstić information content (AvgIpc) is 2.84. The lowest BCUT2D eigenvalue weighted by Gasteiger charge is -2.05. The molecule has 106 valence electrons. The van der Waals surface area contributed by atoms with E-state index in [0.717, 1.165) is 21.3 Å². The molecule has 0 spiro atoms. The molecule has 0 aliphatic rings. The molecule has 0 aliphatic heterocycles. The minimum absolute atomic E-state index is 0.429. The first-order valence-corrected chi connectivity index (χ1v) is 6.84. The highest BCUT2D eigenvalue weighted by Crippen LogP contribution is 2.28. The number of aryl methyl sites for hydroxylation is 2. The molecule has 1 atom stereocenters. The Morgan fingerprint density at radius 2 is 2.15 bits per heavy atom. The number of carbonyl (C=O) groups excluding carboxylic acids is 2. The minimum atomic E-state index is -0.788. The van der Waals surface area contributed by atoms with E-state index in [1.54, 1.807) is 12.3 Å². The first-order chi connectivity index (χ1) is 9.40. The van der Waals surface area contributed by atoms with Gasteiger partial charge in [0, 0.05) is 6.20 Å². The second-order valence-corrected chi connectivity index (χ2v) is 5.58. The minimum Gasteiger partial charge on any atom is -0.339 e. The Morgan fingerprint density at radius 1 is 1.45 bits per heavy atom. The zero-order valence-corrected chi connectivity index (χ0v) is 12.2. The Bertz CT molecular complexity index is 679. The van der Waals surface area contributed by atoms with Crippen molar-refractivity contribution in [2.75, 3.05) is 0 Å². The summed E-state index contributed by atoms with van der Waals surface area (Å²) in [5.74, 6) is -1.18. The number of thiophene rings is 1. The van der Waals surface area contributed by atoms with E-state index in [1.165, 1.54) is 18.3 Å². The maximum Gasteiger partial charge on any atom is 0.348 e. The van der Waals surface area contributed by atoms with Crippen LogP contribution in [0.1, 0.15) is 27.7 Å². The van der Waals surface area contributed by atoms with Crippen LogP contribution >= 0.6 is 11.3 Å². The number of nitrogens with zero attached hydrogens (tertiary/aromatic N) is 1. The summed E-state index contributed by atoms with van der Waals surface area (Å²) in [6.07, 6.45) is 1.77. The Labute approximate surface area is 119 Å². The van der Waals surface area contributed by atoms with E-state index >= 15 is 0 Å². The summed E-state index contributed by atoms with van der Waals surface area (Å²) in [7, 11) is 0. The third-order valence-electron chi connectivity index (χ3n) is 2.88. The van der Waals surface area contributed by atoms with Gasteiger partial charge in [-0.25, -0.2) is 4.79 Å². The molecule has 0 saturated heterocycles. The summed E-state index contributed by atoms with van der Waals surface area (Å²) in [6, 6.07) is 0.880. The molecule has 2 heterocycles. The van der Waals surface area contributed by atoms with Crippen molar-refractivity contribution < 1.29 is 14.4 Å². The number of carbonyl (C=O) groups is 2. The van der Waals surface area contributed by atoms with Gasteiger partial charge < -0.3 is 10.6 Å². The number of fused-ring (bicyclic) bond motifs is 1. The highest BCUT2D eigenvalue weighted by Gasteiger charge is 2.16. The molecular weight excluding hydrogens is 278 g/mol. The summed E-state index contributed by atoms with van der Waals surface area (Å²) in [5.41, 5.74) is 10.3. The number of aromatic nitrogens is 1. The first-order valence-electron chi connectivity index (χ1n) is 6.02. The highest BCUT2D eigenvalue weighted by molar-refractivity contribution is 7.21. The number of nitrogens with one attached hydrogen (secondary N) is 1. The molecule has 0 aliphatic carbocycles. The van der Waals surface area contributed by atoms with E-state index in [4.69, 9.17) is 5.73 Å². The second-order valence-electron chi connectivity index (χ2n) is 4.53.